The summed E-state index contributed by atoms with van der Waals surface area (Å²) in [6.45, 7) is 1.46. The van der Waals surface area contributed by atoms with Crippen molar-refractivity contribution in [3.8, 4) is 0 Å². The number of amides is 1. The average molecular weight is 312 g/mol. The number of fused-ring (bicyclic) bond motifs is 1. The summed E-state index contributed by atoms with van der Waals surface area (Å²) in [6.07, 6.45) is 2.54. The first-order valence-electron chi connectivity index (χ1n) is 7.63. The van der Waals surface area contributed by atoms with E-state index < -0.39 is 0 Å². The molecule has 0 saturated carbocycles. The van der Waals surface area contributed by atoms with Gasteiger partial charge in [0, 0.05) is 19.3 Å². The van der Waals surface area contributed by atoms with Crippen LogP contribution in [0.3, 0.4) is 0 Å². The fourth-order valence-electron chi connectivity index (χ4n) is 2.66. The van der Waals surface area contributed by atoms with Crippen molar-refractivity contribution in [3.63, 3.8) is 0 Å². The summed E-state index contributed by atoms with van der Waals surface area (Å²) in [4.78, 5) is 18.4. The Morgan fingerprint density at radius 1 is 1.26 bits per heavy atom. The van der Waals surface area contributed by atoms with Crippen LogP contribution in [0, 0.1) is 0 Å². The van der Waals surface area contributed by atoms with Crippen molar-refractivity contribution in [1.82, 2.24) is 10.6 Å². The summed E-state index contributed by atoms with van der Waals surface area (Å²) < 4.78 is 5.25. The lowest BCUT2D eigenvalue weighted by Crippen LogP contribution is -2.44. The Morgan fingerprint density at radius 3 is 2.91 bits per heavy atom. The van der Waals surface area contributed by atoms with Crippen LogP contribution in [0.1, 0.15) is 11.3 Å². The second kappa shape index (κ2) is 7.00. The standard InChI is InChI=1S/C17H20N4O2/c1-18-17(19-11-14-6-4-10-23-14)20-12-16(22)21-9-8-13-5-2-3-7-15(13)21/h2-7,10H,8-9,11-12H2,1H3,(H2,18,19,20). The number of nitrogens with zero attached hydrogens (tertiary/aromatic N) is 2. The number of hydrogen-bond acceptors (Lipinski definition) is 3. The molecule has 0 unspecified atom stereocenters. The van der Waals surface area contributed by atoms with E-state index in [1.807, 2.05) is 35.2 Å². The second-order valence-corrected chi connectivity index (χ2v) is 5.28. The van der Waals surface area contributed by atoms with Gasteiger partial charge in [-0.2, -0.15) is 0 Å². The Balaban J connectivity index is 1.52. The Kier molecular flexibility index (Phi) is 4.61. The summed E-state index contributed by atoms with van der Waals surface area (Å²) in [7, 11) is 1.67. The lowest BCUT2D eigenvalue weighted by atomic mass is 10.2. The number of carbonyl (C=O) groups is 1. The molecule has 1 aromatic heterocycles. The van der Waals surface area contributed by atoms with Crippen LogP contribution < -0.4 is 15.5 Å². The minimum Gasteiger partial charge on any atom is -0.467 e. The normalized spacial score (nSPS) is 13.8. The first kappa shape index (κ1) is 15.1. The van der Waals surface area contributed by atoms with Gasteiger partial charge in [0.15, 0.2) is 5.96 Å². The van der Waals surface area contributed by atoms with Crippen LogP contribution in [-0.4, -0.2) is 32.0 Å². The zero-order chi connectivity index (χ0) is 16.1. The number of carbonyl (C=O) groups excluding carboxylic acids is 1. The smallest absolute Gasteiger partial charge is 0.246 e. The molecule has 0 radical (unpaired) electrons. The van der Waals surface area contributed by atoms with Gasteiger partial charge in [-0.05, 0) is 30.2 Å². The van der Waals surface area contributed by atoms with Gasteiger partial charge in [0.1, 0.15) is 5.76 Å². The molecule has 0 atom stereocenters. The van der Waals surface area contributed by atoms with Gasteiger partial charge in [-0.25, -0.2) is 0 Å². The minimum atomic E-state index is 0.0379. The molecule has 23 heavy (non-hydrogen) atoms. The second-order valence-electron chi connectivity index (χ2n) is 5.28. The highest BCUT2D eigenvalue weighted by atomic mass is 16.3. The van der Waals surface area contributed by atoms with E-state index in [0.717, 1.165) is 24.4 Å². The van der Waals surface area contributed by atoms with E-state index >= 15 is 0 Å². The van der Waals surface area contributed by atoms with Crippen molar-refractivity contribution in [2.45, 2.75) is 13.0 Å². The quantitative estimate of drug-likeness (QED) is 0.663. The summed E-state index contributed by atoms with van der Waals surface area (Å²) in [5, 5.41) is 6.16. The van der Waals surface area contributed by atoms with Gasteiger partial charge in [0.2, 0.25) is 5.91 Å². The molecule has 2 heterocycles. The largest absolute Gasteiger partial charge is 0.467 e. The fraction of sp³-hybridized carbons (Fsp3) is 0.294. The third kappa shape index (κ3) is 3.53. The maximum Gasteiger partial charge on any atom is 0.246 e. The van der Waals surface area contributed by atoms with Crippen molar-refractivity contribution in [2.24, 2.45) is 4.99 Å². The van der Waals surface area contributed by atoms with Gasteiger partial charge in [-0.1, -0.05) is 18.2 Å². The summed E-state index contributed by atoms with van der Waals surface area (Å²) in [5.41, 5.74) is 2.24. The zero-order valence-corrected chi connectivity index (χ0v) is 13.1. The SMILES string of the molecule is CN=C(NCC(=O)N1CCc2ccccc21)NCc1ccco1. The lowest BCUT2D eigenvalue weighted by Gasteiger charge is -2.18. The molecule has 1 aliphatic rings. The number of anilines is 1. The topological polar surface area (TPSA) is 69.9 Å². The summed E-state index contributed by atoms with van der Waals surface area (Å²) >= 11 is 0. The van der Waals surface area contributed by atoms with Crippen LogP contribution in [0.4, 0.5) is 5.69 Å². The summed E-state index contributed by atoms with van der Waals surface area (Å²) in [5.74, 6) is 1.42. The van der Waals surface area contributed by atoms with Crippen LogP contribution in [0.2, 0.25) is 0 Å². The molecule has 3 rings (SSSR count). The van der Waals surface area contributed by atoms with Crippen molar-refractivity contribution < 1.29 is 9.21 Å². The molecular weight excluding hydrogens is 292 g/mol. The van der Waals surface area contributed by atoms with Crippen LogP contribution >= 0.6 is 0 Å². The molecule has 6 heteroatoms. The average Bonchev–Trinajstić information content (AvgIpc) is 3.24. The highest BCUT2D eigenvalue weighted by Crippen LogP contribution is 2.27. The number of furan rings is 1. The first-order chi connectivity index (χ1) is 11.3. The van der Waals surface area contributed by atoms with Crippen LogP contribution in [-0.2, 0) is 17.8 Å². The molecule has 0 fully saturated rings. The van der Waals surface area contributed by atoms with Crippen LogP contribution in [0.5, 0.6) is 0 Å². The van der Waals surface area contributed by atoms with E-state index in [1.54, 1.807) is 13.3 Å². The summed E-state index contributed by atoms with van der Waals surface area (Å²) in [6, 6.07) is 11.7. The first-order valence-corrected chi connectivity index (χ1v) is 7.63. The van der Waals surface area contributed by atoms with E-state index in [2.05, 4.69) is 21.7 Å². The van der Waals surface area contributed by atoms with E-state index in [9.17, 15) is 4.79 Å². The molecule has 120 valence electrons. The van der Waals surface area contributed by atoms with E-state index in [4.69, 9.17) is 4.42 Å². The van der Waals surface area contributed by atoms with Crippen molar-refractivity contribution in [1.29, 1.82) is 0 Å². The van der Waals surface area contributed by atoms with Crippen molar-refractivity contribution in [2.75, 3.05) is 25.0 Å². The maximum absolute atomic E-state index is 12.4. The van der Waals surface area contributed by atoms with Gasteiger partial charge in [-0.15, -0.1) is 0 Å². The molecule has 1 aromatic carbocycles. The Morgan fingerprint density at radius 2 is 2.13 bits per heavy atom. The zero-order valence-electron chi connectivity index (χ0n) is 13.1. The number of hydrogen-bond donors (Lipinski definition) is 2. The molecular formula is C17H20N4O2. The molecule has 0 saturated heterocycles. The molecule has 2 aromatic rings. The molecule has 0 spiro atoms. The van der Waals surface area contributed by atoms with Gasteiger partial charge in [0.25, 0.3) is 0 Å². The maximum atomic E-state index is 12.4. The third-order valence-corrected chi connectivity index (χ3v) is 3.83. The number of aliphatic imine (C=N–C) groups is 1. The van der Waals surface area contributed by atoms with Crippen LogP contribution in [0.15, 0.2) is 52.1 Å². The van der Waals surface area contributed by atoms with Gasteiger partial charge in [-0.3, -0.25) is 9.79 Å². The Labute approximate surface area is 135 Å². The lowest BCUT2D eigenvalue weighted by molar-refractivity contribution is -0.117. The highest BCUT2D eigenvalue weighted by molar-refractivity contribution is 5.98. The van der Waals surface area contributed by atoms with E-state index in [-0.39, 0.29) is 12.5 Å². The predicted octanol–water partition coefficient (Wildman–Crippen LogP) is 1.53. The molecule has 1 amide bonds. The molecule has 1 aliphatic heterocycles. The third-order valence-electron chi connectivity index (χ3n) is 3.83. The van der Waals surface area contributed by atoms with Crippen LogP contribution in [0.25, 0.3) is 0 Å². The van der Waals surface area contributed by atoms with Gasteiger partial charge >= 0.3 is 0 Å². The van der Waals surface area contributed by atoms with E-state index in [0.29, 0.717) is 12.5 Å². The Hall–Kier alpha value is -2.76. The van der Waals surface area contributed by atoms with Crippen molar-refractivity contribution in [3.05, 3.63) is 54.0 Å². The molecule has 0 bridgehead atoms. The monoisotopic (exact) mass is 312 g/mol. The Bertz CT molecular complexity index is 694. The van der Waals surface area contributed by atoms with Gasteiger partial charge in [0.05, 0.1) is 19.4 Å². The minimum absolute atomic E-state index is 0.0379. The van der Waals surface area contributed by atoms with Crippen molar-refractivity contribution >= 4 is 17.6 Å². The molecule has 0 aliphatic carbocycles. The van der Waals surface area contributed by atoms with E-state index in [1.165, 1.54) is 5.56 Å². The fourth-order valence-corrected chi connectivity index (χ4v) is 2.66. The van der Waals surface area contributed by atoms with Gasteiger partial charge < -0.3 is 20.0 Å². The number of nitrogens with one attached hydrogen (secondary N) is 2. The highest BCUT2D eigenvalue weighted by Gasteiger charge is 2.23. The molecule has 2 N–H and O–H groups in total. The number of guanidine groups is 1. The number of rotatable bonds is 4. The number of benzene rings is 1. The predicted molar refractivity (Wildman–Crippen MR) is 89.4 cm³/mol. The number of para-hydroxylation sites is 1. The molecule has 6 nitrogen and oxygen atoms in total.